The number of nitrogens with zero attached hydrogens (tertiary/aromatic N) is 4. The summed E-state index contributed by atoms with van der Waals surface area (Å²) in [5, 5.41) is 24.5. The minimum Gasteiger partial charge on any atom is -0.386 e. The van der Waals surface area contributed by atoms with Crippen LogP contribution in [0, 0.1) is 18.3 Å². The molecule has 0 bridgehead atoms. The summed E-state index contributed by atoms with van der Waals surface area (Å²) < 4.78 is 1.81. The first-order valence-electron chi connectivity index (χ1n) is 9.48. The Balaban J connectivity index is 1.91. The Labute approximate surface area is 183 Å². The van der Waals surface area contributed by atoms with Gasteiger partial charge in [-0.05, 0) is 38.0 Å². The third-order valence-corrected chi connectivity index (χ3v) is 6.83. The Bertz CT molecular complexity index is 1130. The van der Waals surface area contributed by atoms with Gasteiger partial charge in [-0.3, -0.25) is 9.48 Å². The van der Waals surface area contributed by atoms with Gasteiger partial charge in [0.1, 0.15) is 22.9 Å². The van der Waals surface area contributed by atoms with Crippen LogP contribution in [-0.2, 0) is 6.54 Å². The molecule has 1 aromatic carbocycles. The highest BCUT2D eigenvalue weighted by Gasteiger charge is 2.24. The minimum absolute atomic E-state index is 0.0316. The number of rotatable bonds is 7. The van der Waals surface area contributed by atoms with Crippen molar-refractivity contribution in [1.82, 2.24) is 14.8 Å². The fourth-order valence-corrected chi connectivity index (χ4v) is 4.65. The molecule has 0 radical (unpaired) electrons. The Morgan fingerprint density at radius 2 is 2.17 bits per heavy atom. The largest absolute Gasteiger partial charge is 0.386 e. The monoisotopic (exact) mass is 443 g/mol. The molecule has 3 aromatic rings. The van der Waals surface area contributed by atoms with Crippen LogP contribution in [0.4, 0.5) is 0 Å². The number of thiazole rings is 1. The molecule has 2 atom stereocenters. The summed E-state index contributed by atoms with van der Waals surface area (Å²) in [4.78, 5) is 16.9. The van der Waals surface area contributed by atoms with Crippen molar-refractivity contribution in [3.8, 4) is 17.3 Å². The van der Waals surface area contributed by atoms with Gasteiger partial charge in [0.05, 0.1) is 16.3 Å². The van der Waals surface area contributed by atoms with Gasteiger partial charge in [-0.25, -0.2) is 4.98 Å². The maximum atomic E-state index is 11.9. The van der Waals surface area contributed by atoms with Crippen molar-refractivity contribution in [2.75, 3.05) is 0 Å². The zero-order chi connectivity index (χ0) is 22.0. The number of nitrogens with two attached hydrogens (primary N) is 1. The normalized spacial score (nSPS) is 13.1. The first kappa shape index (κ1) is 22.0. The van der Waals surface area contributed by atoms with Gasteiger partial charge in [0, 0.05) is 29.1 Å². The molecule has 0 spiro atoms. The molecule has 0 aliphatic rings. The predicted molar refractivity (Wildman–Crippen MR) is 116 cm³/mol. The molecule has 30 heavy (non-hydrogen) atoms. The second kappa shape index (κ2) is 8.96. The van der Waals surface area contributed by atoms with Gasteiger partial charge in [0.2, 0.25) is 0 Å². The lowest BCUT2D eigenvalue weighted by molar-refractivity contribution is 0.0994. The van der Waals surface area contributed by atoms with Gasteiger partial charge in [0.15, 0.2) is 0 Å². The lowest BCUT2D eigenvalue weighted by Gasteiger charge is -2.14. The van der Waals surface area contributed by atoms with Crippen LogP contribution in [0.3, 0.4) is 0 Å². The molecule has 3 rings (SSSR count). The van der Waals surface area contributed by atoms with E-state index in [1.165, 1.54) is 11.3 Å². The van der Waals surface area contributed by atoms with E-state index in [0.717, 1.165) is 28.1 Å². The number of aliphatic hydroxyl groups is 1. The van der Waals surface area contributed by atoms with Crippen LogP contribution in [0.1, 0.15) is 63.8 Å². The quantitative estimate of drug-likeness (QED) is 0.567. The molecule has 0 saturated carbocycles. The molecule has 156 valence electrons. The van der Waals surface area contributed by atoms with E-state index in [-0.39, 0.29) is 11.6 Å². The third kappa shape index (κ3) is 4.24. The maximum Gasteiger partial charge on any atom is 0.268 e. The van der Waals surface area contributed by atoms with Crippen LogP contribution < -0.4 is 5.73 Å². The highest BCUT2D eigenvalue weighted by Crippen LogP contribution is 2.34. The number of aromatic nitrogens is 3. The number of halogens is 1. The summed E-state index contributed by atoms with van der Waals surface area (Å²) in [5.74, 6) is -0.633. The number of carbonyl (C=O) groups is 1. The number of aliphatic hydroxyl groups excluding tert-OH is 1. The van der Waals surface area contributed by atoms with E-state index in [2.05, 4.69) is 16.2 Å². The highest BCUT2D eigenvalue weighted by molar-refractivity contribution is 7.12. The van der Waals surface area contributed by atoms with Gasteiger partial charge >= 0.3 is 0 Å². The van der Waals surface area contributed by atoms with E-state index in [1.807, 2.05) is 36.9 Å². The summed E-state index contributed by atoms with van der Waals surface area (Å²) in [6.07, 6.45) is 1.85. The minimum atomic E-state index is -0.764. The van der Waals surface area contributed by atoms with Crippen LogP contribution in [0.5, 0.6) is 0 Å². The molecule has 2 heterocycles. The van der Waals surface area contributed by atoms with Crippen molar-refractivity contribution in [2.45, 2.75) is 45.8 Å². The lowest BCUT2D eigenvalue weighted by atomic mass is 10.0. The Hall–Kier alpha value is -2.73. The molecule has 1 amide bonds. The Morgan fingerprint density at radius 1 is 1.43 bits per heavy atom. The summed E-state index contributed by atoms with van der Waals surface area (Å²) in [6.45, 7) is 6.02. The van der Waals surface area contributed by atoms with E-state index in [4.69, 9.17) is 22.6 Å². The highest BCUT2D eigenvalue weighted by atomic mass is 35.5. The van der Waals surface area contributed by atoms with Crippen LogP contribution in [0.2, 0.25) is 5.02 Å². The topological polar surface area (TPSA) is 118 Å². The molecule has 9 heteroatoms. The van der Waals surface area contributed by atoms with Crippen molar-refractivity contribution >= 4 is 28.8 Å². The number of benzene rings is 1. The molecular formula is C21H22ClN5O2S. The van der Waals surface area contributed by atoms with Gasteiger partial charge in [0.25, 0.3) is 5.91 Å². The summed E-state index contributed by atoms with van der Waals surface area (Å²) in [7, 11) is 0. The summed E-state index contributed by atoms with van der Waals surface area (Å²) in [6, 6.07) is 7.49. The fourth-order valence-electron chi connectivity index (χ4n) is 3.26. The van der Waals surface area contributed by atoms with E-state index < -0.39 is 12.0 Å². The number of hydrogen-bond donors (Lipinski definition) is 2. The van der Waals surface area contributed by atoms with Gasteiger partial charge < -0.3 is 10.8 Å². The number of primary amides is 1. The molecule has 1 unspecified atom stereocenters. The van der Waals surface area contributed by atoms with Crippen LogP contribution in [-0.4, -0.2) is 25.8 Å². The molecule has 7 nitrogen and oxygen atoms in total. The van der Waals surface area contributed by atoms with Gasteiger partial charge in [-0.2, -0.15) is 10.4 Å². The van der Waals surface area contributed by atoms with E-state index in [9.17, 15) is 9.90 Å². The van der Waals surface area contributed by atoms with Gasteiger partial charge in [-0.15, -0.1) is 11.3 Å². The zero-order valence-corrected chi connectivity index (χ0v) is 18.5. The second-order valence-electron chi connectivity index (χ2n) is 7.04. The van der Waals surface area contributed by atoms with Crippen LogP contribution in [0.25, 0.3) is 11.3 Å². The number of hydrogen-bond acceptors (Lipinski definition) is 6. The number of amides is 1. The molecule has 0 aliphatic heterocycles. The van der Waals surface area contributed by atoms with Crippen LogP contribution in [0.15, 0.2) is 24.4 Å². The van der Waals surface area contributed by atoms with Crippen LogP contribution >= 0.6 is 22.9 Å². The molecule has 0 aliphatic carbocycles. The molecule has 0 fully saturated rings. The molecule has 0 saturated heterocycles. The van der Waals surface area contributed by atoms with Crippen molar-refractivity contribution in [3.05, 3.63) is 56.1 Å². The van der Waals surface area contributed by atoms with Crippen molar-refractivity contribution in [2.24, 2.45) is 5.73 Å². The first-order valence-corrected chi connectivity index (χ1v) is 10.7. The van der Waals surface area contributed by atoms with Crippen molar-refractivity contribution in [1.29, 1.82) is 5.26 Å². The maximum absolute atomic E-state index is 11.9. The van der Waals surface area contributed by atoms with E-state index in [0.29, 0.717) is 22.1 Å². The average Bonchev–Trinajstić information content (AvgIpc) is 3.35. The molecule has 3 N–H and O–H groups in total. The van der Waals surface area contributed by atoms with Crippen molar-refractivity contribution < 1.29 is 9.90 Å². The van der Waals surface area contributed by atoms with E-state index >= 15 is 0 Å². The fraction of sp³-hybridized carbons (Fsp3) is 0.333. The SMILES string of the molecule is CC[C@H](Cn1ccc(-c2ccc(C#N)c(Cl)c2C)n1)c1sc(C(C)O)nc1C(N)=O. The summed E-state index contributed by atoms with van der Waals surface area (Å²) in [5.41, 5.74) is 8.57. The van der Waals surface area contributed by atoms with E-state index in [1.54, 1.807) is 13.0 Å². The first-order chi connectivity index (χ1) is 14.3. The lowest BCUT2D eigenvalue weighted by Crippen LogP contribution is -2.17. The van der Waals surface area contributed by atoms with Crippen molar-refractivity contribution in [3.63, 3.8) is 0 Å². The average molecular weight is 444 g/mol. The number of nitriles is 1. The van der Waals surface area contributed by atoms with Gasteiger partial charge in [-0.1, -0.05) is 24.6 Å². The second-order valence-corrected chi connectivity index (χ2v) is 8.49. The number of carbonyl (C=O) groups excluding carboxylic acids is 1. The predicted octanol–water partition coefficient (Wildman–Crippen LogP) is 4.19. The summed E-state index contributed by atoms with van der Waals surface area (Å²) >= 11 is 7.60. The smallest absolute Gasteiger partial charge is 0.268 e. The standard InChI is InChI=1S/C21H22ClN5O2S/c1-4-13(19-18(20(24)29)25-21(30-19)12(3)28)10-27-8-7-16(26-27)15-6-5-14(9-23)17(22)11(15)2/h5-8,12-13,28H,4,10H2,1-3H3,(H2,24,29)/t12?,13-/m1/s1. The third-order valence-electron chi connectivity index (χ3n) is 4.96. The molecular weight excluding hydrogens is 422 g/mol. The Morgan fingerprint density at radius 3 is 2.77 bits per heavy atom. The zero-order valence-electron chi connectivity index (χ0n) is 16.9. The Kier molecular flexibility index (Phi) is 6.56. The molecule has 2 aromatic heterocycles.